The summed E-state index contributed by atoms with van der Waals surface area (Å²) < 4.78 is 5.32. The van der Waals surface area contributed by atoms with E-state index in [1.807, 2.05) is 36.4 Å². The summed E-state index contributed by atoms with van der Waals surface area (Å²) in [5, 5.41) is 7.45. The first-order chi connectivity index (χ1) is 13.1. The maximum atomic E-state index is 11.4. The molecule has 0 fully saturated rings. The molecule has 5 nitrogen and oxygen atoms in total. The quantitative estimate of drug-likeness (QED) is 0.635. The molecular weight excluding hydrogens is 338 g/mol. The first-order valence-corrected chi connectivity index (χ1v) is 9.17. The first kappa shape index (κ1) is 18.7. The van der Waals surface area contributed by atoms with Crippen LogP contribution in [0.15, 0.2) is 48.5 Å². The number of amides is 1. The number of hydrogen-bond donors (Lipinski definition) is 2. The van der Waals surface area contributed by atoms with E-state index >= 15 is 0 Å². The number of anilines is 2. The van der Waals surface area contributed by atoms with Gasteiger partial charge in [-0.05, 0) is 36.2 Å². The van der Waals surface area contributed by atoms with E-state index in [1.165, 1.54) is 6.92 Å². The van der Waals surface area contributed by atoms with Crippen LogP contribution in [0.2, 0.25) is 0 Å². The third-order valence-electron chi connectivity index (χ3n) is 4.33. The van der Waals surface area contributed by atoms with Gasteiger partial charge in [0.05, 0.1) is 18.3 Å². The molecule has 0 aliphatic rings. The molecule has 1 heterocycles. The fourth-order valence-electron chi connectivity index (χ4n) is 3.11. The minimum absolute atomic E-state index is 0.122. The van der Waals surface area contributed by atoms with Crippen molar-refractivity contribution in [2.45, 2.75) is 33.2 Å². The number of fused-ring (bicyclic) bond motifs is 1. The van der Waals surface area contributed by atoms with Crippen molar-refractivity contribution in [1.82, 2.24) is 4.98 Å². The van der Waals surface area contributed by atoms with E-state index in [2.05, 4.69) is 29.7 Å². The minimum Gasteiger partial charge on any atom is -0.495 e. The van der Waals surface area contributed by atoms with Gasteiger partial charge in [0.1, 0.15) is 5.75 Å². The Labute approximate surface area is 159 Å². The molecule has 27 heavy (non-hydrogen) atoms. The van der Waals surface area contributed by atoms with Crippen LogP contribution in [0.25, 0.3) is 10.9 Å². The number of nitrogens with zero attached hydrogens (tertiary/aromatic N) is 1. The van der Waals surface area contributed by atoms with Gasteiger partial charge in [-0.15, -0.1) is 0 Å². The third kappa shape index (κ3) is 4.56. The van der Waals surface area contributed by atoms with Crippen LogP contribution in [-0.4, -0.2) is 18.0 Å². The van der Waals surface area contributed by atoms with E-state index < -0.39 is 0 Å². The molecule has 0 atom stereocenters. The molecule has 2 aromatic carbocycles. The summed E-state index contributed by atoms with van der Waals surface area (Å²) in [5.41, 5.74) is 4.89. The van der Waals surface area contributed by atoms with Crippen LogP contribution in [0.3, 0.4) is 0 Å². The normalized spacial score (nSPS) is 10.6. The predicted octanol–water partition coefficient (Wildman–Crippen LogP) is 4.77. The standard InChI is InChI=1S/C22H25N3O2/c1-4-7-17-13-20(18-8-5-6-9-19(18)25-17)23-14-16-10-11-22(27-3)21(12-16)24-15(2)26/h5-6,8-13H,4,7,14H2,1-3H3,(H,23,25)(H,24,26). The van der Waals surface area contributed by atoms with Crippen LogP contribution in [-0.2, 0) is 17.8 Å². The zero-order valence-electron chi connectivity index (χ0n) is 16.0. The van der Waals surface area contributed by atoms with Gasteiger partial charge < -0.3 is 15.4 Å². The van der Waals surface area contributed by atoms with Crippen LogP contribution in [0.5, 0.6) is 5.75 Å². The summed E-state index contributed by atoms with van der Waals surface area (Å²) in [6, 6.07) is 16.1. The Morgan fingerprint density at radius 3 is 2.67 bits per heavy atom. The number of aromatic nitrogens is 1. The number of hydrogen-bond acceptors (Lipinski definition) is 4. The molecule has 0 radical (unpaired) electrons. The number of para-hydroxylation sites is 1. The van der Waals surface area contributed by atoms with Gasteiger partial charge in [-0.1, -0.05) is 37.6 Å². The van der Waals surface area contributed by atoms with Crippen molar-refractivity contribution < 1.29 is 9.53 Å². The van der Waals surface area contributed by atoms with Crippen molar-refractivity contribution in [2.24, 2.45) is 0 Å². The van der Waals surface area contributed by atoms with E-state index in [-0.39, 0.29) is 5.91 Å². The van der Waals surface area contributed by atoms with E-state index in [0.29, 0.717) is 18.0 Å². The highest BCUT2D eigenvalue weighted by molar-refractivity contribution is 5.92. The molecule has 0 aliphatic carbocycles. The van der Waals surface area contributed by atoms with Crippen LogP contribution in [0.4, 0.5) is 11.4 Å². The molecule has 140 valence electrons. The van der Waals surface area contributed by atoms with Crippen molar-refractivity contribution in [2.75, 3.05) is 17.7 Å². The molecule has 2 N–H and O–H groups in total. The SMILES string of the molecule is CCCc1cc(NCc2ccc(OC)c(NC(C)=O)c2)c2ccccc2n1. The Balaban J connectivity index is 1.87. The number of rotatable bonds is 7. The maximum absolute atomic E-state index is 11.4. The highest BCUT2D eigenvalue weighted by Gasteiger charge is 2.08. The second-order valence-corrected chi connectivity index (χ2v) is 6.50. The number of methoxy groups -OCH3 is 1. The van der Waals surface area contributed by atoms with Gasteiger partial charge in [0, 0.05) is 30.2 Å². The third-order valence-corrected chi connectivity index (χ3v) is 4.33. The Hall–Kier alpha value is -3.08. The van der Waals surface area contributed by atoms with E-state index in [9.17, 15) is 4.79 Å². The Morgan fingerprint density at radius 2 is 1.93 bits per heavy atom. The van der Waals surface area contributed by atoms with Crippen molar-refractivity contribution in [3.8, 4) is 5.75 Å². The molecule has 0 bridgehead atoms. The van der Waals surface area contributed by atoms with Crippen LogP contribution >= 0.6 is 0 Å². The van der Waals surface area contributed by atoms with Crippen LogP contribution < -0.4 is 15.4 Å². The topological polar surface area (TPSA) is 63.2 Å². The van der Waals surface area contributed by atoms with Gasteiger partial charge in [-0.25, -0.2) is 0 Å². The molecule has 0 saturated heterocycles. The molecule has 0 aliphatic heterocycles. The average molecular weight is 363 g/mol. The Morgan fingerprint density at radius 1 is 1.11 bits per heavy atom. The number of aryl methyl sites for hydroxylation is 1. The molecule has 3 aromatic rings. The zero-order valence-corrected chi connectivity index (χ0v) is 16.0. The lowest BCUT2D eigenvalue weighted by molar-refractivity contribution is -0.114. The Bertz CT molecular complexity index is 953. The number of benzene rings is 2. The monoisotopic (exact) mass is 363 g/mol. The summed E-state index contributed by atoms with van der Waals surface area (Å²) >= 11 is 0. The second kappa shape index (κ2) is 8.54. The predicted molar refractivity (Wildman–Crippen MR) is 110 cm³/mol. The highest BCUT2D eigenvalue weighted by atomic mass is 16.5. The maximum Gasteiger partial charge on any atom is 0.221 e. The molecule has 5 heteroatoms. The molecule has 1 aromatic heterocycles. The first-order valence-electron chi connectivity index (χ1n) is 9.17. The lowest BCUT2D eigenvalue weighted by Gasteiger charge is -2.14. The van der Waals surface area contributed by atoms with Gasteiger partial charge in [0.2, 0.25) is 5.91 Å². The summed E-state index contributed by atoms with van der Waals surface area (Å²) in [5.74, 6) is 0.524. The lowest BCUT2D eigenvalue weighted by Crippen LogP contribution is -2.08. The molecule has 3 rings (SSSR count). The van der Waals surface area contributed by atoms with Gasteiger partial charge in [0.15, 0.2) is 0 Å². The van der Waals surface area contributed by atoms with E-state index in [4.69, 9.17) is 9.72 Å². The summed E-state index contributed by atoms with van der Waals surface area (Å²) in [4.78, 5) is 16.2. The van der Waals surface area contributed by atoms with Gasteiger partial charge in [-0.2, -0.15) is 0 Å². The molecule has 0 spiro atoms. The van der Waals surface area contributed by atoms with E-state index in [0.717, 1.165) is 40.7 Å². The van der Waals surface area contributed by atoms with Crippen LogP contribution in [0, 0.1) is 0 Å². The second-order valence-electron chi connectivity index (χ2n) is 6.50. The smallest absolute Gasteiger partial charge is 0.221 e. The molecule has 0 saturated carbocycles. The van der Waals surface area contributed by atoms with Crippen LogP contribution in [0.1, 0.15) is 31.5 Å². The average Bonchev–Trinajstić information content (AvgIpc) is 2.66. The van der Waals surface area contributed by atoms with Gasteiger partial charge >= 0.3 is 0 Å². The number of nitrogens with one attached hydrogen (secondary N) is 2. The number of ether oxygens (including phenoxy) is 1. The van der Waals surface area contributed by atoms with Crippen molar-refractivity contribution in [3.63, 3.8) is 0 Å². The fourth-order valence-corrected chi connectivity index (χ4v) is 3.11. The fraction of sp³-hybridized carbons (Fsp3) is 0.273. The van der Waals surface area contributed by atoms with Gasteiger partial charge in [0.25, 0.3) is 0 Å². The largest absolute Gasteiger partial charge is 0.495 e. The summed E-state index contributed by atoms with van der Waals surface area (Å²) in [7, 11) is 1.59. The molecular formula is C22H25N3O2. The lowest BCUT2D eigenvalue weighted by atomic mass is 10.1. The van der Waals surface area contributed by atoms with Crippen molar-refractivity contribution in [1.29, 1.82) is 0 Å². The summed E-state index contributed by atoms with van der Waals surface area (Å²) in [6.07, 6.45) is 2.01. The number of carbonyl (C=O) groups is 1. The Kier molecular flexibility index (Phi) is 5.91. The molecule has 1 amide bonds. The van der Waals surface area contributed by atoms with Gasteiger partial charge in [-0.3, -0.25) is 9.78 Å². The van der Waals surface area contributed by atoms with E-state index in [1.54, 1.807) is 7.11 Å². The van der Waals surface area contributed by atoms with Crippen molar-refractivity contribution >= 4 is 28.2 Å². The summed E-state index contributed by atoms with van der Waals surface area (Å²) in [6.45, 7) is 4.28. The zero-order chi connectivity index (χ0) is 19.2. The number of carbonyl (C=O) groups excluding carboxylic acids is 1. The number of pyridine rings is 1. The molecule has 0 unspecified atom stereocenters. The van der Waals surface area contributed by atoms with Crippen molar-refractivity contribution in [3.05, 3.63) is 59.8 Å². The minimum atomic E-state index is -0.122. The highest BCUT2D eigenvalue weighted by Crippen LogP contribution is 2.27.